The Kier molecular flexibility index (Phi) is 4.22. The summed E-state index contributed by atoms with van der Waals surface area (Å²) in [7, 11) is 0. The van der Waals surface area contributed by atoms with Crippen molar-refractivity contribution >= 4 is 5.97 Å². The lowest BCUT2D eigenvalue weighted by molar-refractivity contribution is -0.147. The number of rotatable bonds is 5. The highest BCUT2D eigenvalue weighted by atomic mass is 16.4. The molecule has 104 valence electrons. The van der Waals surface area contributed by atoms with Crippen molar-refractivity contribution in [3.8, 4) is 0 Å². The minimum Gasteiger partial charge on any atom is -0.481 e. The van der Waals surface area contributed by atoms with Gasteiger partial charge >= 0.3 is 5.97 Å². The summed E-state index contributed by atoms with van der Waals surface area (Å²) in [6.07, 6.45) is 0.478. The van der Waals surface area contributed by atoms with E-state index in [1.165, 1.54) is 11.1 Å². The molecule has 1 fully saturated rings. The van der Waals surface area contributed by atoms with E-state index >= 15 is 0 Å². The summed E-state index contributed by atoms with van der Waals surface area (Å²) in [4.78, 5) is 12.9. The summed E-state index contributed by atoms with van der Waals surface area (Å²) in [5, 5.41) is 18.5. The van der Waals surface area contributed by atoms with Gasteiger partial charge in [-0.25, -0.2) is 0 Å². The minimum absolute atomic E-state index is 0.207. The molecular formula is C15H21NO3. The Labute approximate surface area is 113 Å². The maximum Gasteiger partial charge on any atom is 0.309 e. The van der Waals surface area contributed by atoms with Gasteiger partial charge in [0.2, 0.25) is 0 Å². The van der Waals surface area contributed by atoms with Crippen LogP contribution in [0.1, 0.15) is 36.6 Å². The van der Waals surface area contributed by atoms with Crippen molar-refractivity contribution in [1.29, 1.82) is 0 Å². The Hall–Kier alpha value is -1.39. The number of benzene rings is 1. The van der Waals surface area contributed by atoms with Crippen molar-refractivity contribution in [2.24, 2.45) is 5.92 Å². The Morgan fingerprint density at radius 3 is 2.63 bits per heavy atom. The molecule has 1 aliphatic heterocycles. The average molecular weight is 263 g/mol. The van der Waals surface area contributed by atoms with Gasteiger partial charge in [-0.15, -0.1) is 0 Å². The molecule has 1 heterocycles. The molecule has 0 radical (unpaired) electrons. The van der Waals surface area contributed by atoms with Gasteiger partial charge in [0.1, 0.15) is 0 Å². The number of aliphatic carboxylic acids is 1. The third-order valence-corrected chi connectivity index (χ3v) is 3.79. The second-order valence-corrected chi connectivity index (χ2v) is 5.29. The van der Waals surface area contributed by atoms with Crippen molar-refractivity contribution in [2.45, 2.75) is 32.9 Å². The molecule has 0 bridgehead atoms. The van der Waals surface area contributed by atoms with Gasteiger partial charge in [0.25, 0.3) is 0 Å². The van der Waals surface area contributed by atoms with Crippen molar-refractivity contribution in [1.82, 2.24) is 4.90 Å². The zero-order valence-electron chi connectivity index (χ0n) is 11.5. The summed E-state index contributed by atoms with van der Waals surface area (Å²) < 4.78 is 0. The summed E-state index contributed by atoms with van der Waals surface area (Å²) in [6.45, 7) is 5.93. The second kappa shape index (κ2) is 5.72. The molecule has 19 heavy (non-hydrogen) atoms. The first kappa shape index (κ1) is 14.0. The predicted molar refractivity (Wildman–Crippen MR) is 72.9 cm³/mol. The average Bonchev–Trinajstić information content (AvgIpc) is 2.32. The monoisotopic (exact) mass is 263 g/mol. The fraction of sp³-hybridized carbons (Fsp3) is 0.533. The first-order valence-electron chi connectivity index (χ1n) is 6.76. The maximum absolute atomic E-state index is 10.8. The minimum atomic E-state index is -0.698. The van der Waals surface area contributed by atoms with Gasteiger partial charge in [0.05, 0.1) is 12.0 Å². The van der Waals surface area contributed by atoms with Gasteiger partial charge in [0, 0.05) is 19.6 Å². The zero-order valence-corrected chi connectivity index (χ0v) is 11.5. The van der Waals surface area contributed by atoms with E-state index in [0.717, 1.165) is 18.5 Å². The van der Waals surface area contributed by atoms with E-state index < -0.39 is 12.1 Å². The molecule has 0 spiro atoms. The van der Waals surface area contributed by atoms with E-state index in [1.54, 1.807) is 6.92 Å². The second-order valence-electron chi connectivity index (χ2n) is 5.29. The third-order valence-electron chi connectivity index (χ3n) is 3.79. The maximum atomic E-state index is 10.8. The van der Waals surface area contributed by atoms with Gasteiger partial charge in [-0.3, -0.25) is 9.69 Å². The lowest BCUT2D eigenvalue weighted by Gasteiger charge is -2.37. The molecule has 4 nitrogen and oxygen atoms in total. The number of aryl methyl sites for hydroxylation is 1. The van der Waals surface area contributed by atoms with Gasteiger partial charge in [0.15, 0.2) is 0 Å². The lowest BCUT2D eigenvalue weighted by atomic mass is 9.96. The summed E-state index contributed by atoms with van der Waals surface area (Å²) in [5.41, 5.74) is 3.40. The van der Waals surface area contributed by atoms with Gasteiger partial charge in [-0.2, -0.15) is 0 Å². The number of aliphatic hydroxyl groups excluding tert-OH is 1. The molecule has 0 saturated carbocycles. The van der Waals surface area contributed by atoms with Crippen molar-refractivity contribution in [2.75, 3.05) is 13.1 Å². The normalized spacial score (nSPS) is 18.1. The van der Waals surface area contributed by atoms with Crippen LogP contribution in [0.4, 0.5) is 0 Å². The molecule has 0 aliphatic carbocycles. The number of aliphatic hydroxyl groups is 1. The van der Waals surface area contributed by atoms with Gasteiger partial charge in [-0.1, -0.05) is 25.1 Å². The molecule has 1 aromatic carbocycles. The fourth-order valence-corrected chi connectivity index (χ4v) is 2.49. The van der Waals surface area contributed by atoms with Crippen molar-refractivity contribution in [3.63, 3.8) is 0 Å². The molecule has 0 amide bonds. The van der Waals surface area contributed by atoms with Crippen LogP contribution in [-0.4, -0.2) is 34.2 Å². The topological polar surface area (TPSA) is 60.8 Å². The molecule has 1 atom stereocenters. The highest BCUT2D eigenvalue weighted by molar-refractivity contribution is 5.71. The van der Waals surface area contributed by atoms with Crippen LogP contribution >= 0.6 is 0 Å². The number of likely N-dealkylation sites (tertiary alicyclic amines) is 1. The quantitative estimate of drug-likeness (QED) is 0.850. The number of nitrogens with zero attached hydrogens (tertiary/aromatic N) is 1. The molecule has 4 heteroatoms. The smallest absolute Gasteiger partial charge is 0.309 e. The number of hydrogen-bond acceptors (Lipinski definition) is 3. The van der Waals surface area contributed by atoms with E-state index in [9.17, 15) is 9.90 Å². The largest absolute Gasteiger partial charge is 0.481 e. The highest BCUT2D eigenvalue weighted by Crippen LogP contribution is 2.23. The van der Waals surface area contributed by atoms with E-state index in [4.69, 9.17) is 5.11 Å². The number of hydrogen-bond donors (Lipinski definition) is 2. The van der Waals surface area contributed by atoms with E-state index in [1.807, 2.05) is 6.07 Å². The third kappa shape index (κ3) is 3.14. The first-order chi connectivity index (χ1) is 9.01. The summed E-state index contributed by atoms with van der Waals surface area (Å²) in [5.74, 6) is -0.904. The summed E-state index contributed by atoms with van der Waals surface area (Å²) >= 11 is 0. The Morgan fingerprint density at radius 2 is 2.11 bits per heavy atom. The SMILES string of the molecule is CCc1cc(C(C)O)ccc1CN1CC(C(=O)O)C1. The number of carboxylic acids is 1. The van der Waals surface area contributed by atoms with Crippen LogP contribution in [0.15, 0.2) is 18.2 Å². The molecule has 2 rings (SSSR count). The lowest BCUT2D eigenvalue weighted by Crippen LogP contribution is -2.49. The fourth-order valence-electron chi connectivity index (χ4n) is 2.49. The number of carboxylic acid groups (broad SMARTS) is 1. The van der Waals surface area contributed by atoms with E-state index in [2.05, 4.69) is 24.0 Å². The van der Waals surface area contributed by atoms with Crippen LogP contribution in [0, 0.1) is 5.92 Å². The molecule has 1 saturated heterocycles. The van der Waals surface area contributed by atoms with Crippen LogP contribution in [0.25, 0.3) is 0 Å². The molecule has 1 aliphatic rings. The molecule has 2 N–H and O–H groups in total. The number of carbonyl (C=O) groups is 1. The van der Waals surface area contributed by atoms with Gasteiger partial charge in [-0.05, 0) is 30.0 Å². The van der Waals surface area contributed by atoms with Crippen LogP contribution in [0.3, 0.4) is 0 Å². The van der Waals surface area contributed by atoms with Crippen LogP contribution < -0.4 is 0 Å². The highest BCUT2D eigenvalue weighted by Gasteiger charge is 2.32. The van der Waals surface area contributed by atoms with Gasteiger partial charge < -0.3 is 10.2 Å². The van der Waals surface area contributed by atoms with Crippen LogP contribution in [-0.2, 0) is 17.8 Å². The molecular weight excluding hydrogens is 242 g/mol. The standard InChI is InChI=1S/C15H21NO3/c1-3-11-6-12(10(2)17)4-5-13(11)7-16-8-14(9-16)15(18)19/h4-6,10,14,17H,3,7-9H2,1-2H3,(H,18,19). The van der Waals surface area contributed by atoms with Crippen molar-refractivity contribution < 1.29 is 15.0 Å². The van der Waals surface area contributed by atoms with Crippen LogP contribution in [0.5, 0.6) is 0 Å². The Balaban J connectivity index is 2.03. The molecule has 0 aromatic heterocycles. The zero-order chi connectivity index (χ0) is 14.0. The first-order valence-corrected chi connectivity index (χ1v) is 6.76. The summed E-state index contributed by atoms with van der Waals surface area (Å²) in [6, 6.07) is 6.05. The van der Waals surface area contributed by atoms with Crippen molar-refractivity contribution in [3.05, 3.63) is 34.9 Å². The predicted octanol–water partition coefficient (Wildman–Crippen LogP) is 1.82. The van der Waals surface area contributed by atoms with E-state index in [0.29, 0.717) is 13.1 Å². The molecule has 1 aromatic rings. The van der Waals surface area contributed by atoms with Crippen LogP contribution in [0.2, 0.25) is 0 Å². The Bertz CT molecular complexity index is 464. The Morgan fingerprint density at radius 1 is 1.42 bits per heavy atom. The van der Waals surface area contributed by atoms with E-state index in [-0.39, 0.29) is 5.92 Å². The molecule has 1 unspecified atom stereocenters.